The zero-order valence-electron chi connectivity index (χ0n) is 14.7. The monoisotopic (exact) mass is 349 g/mol. The van der Waals surface area contributed by atoms with Gasteiger partial charge >= 0.3 is 0 Å². The first kappa shape index (κ1) is 16.8. The van der Waals surface area contributed by atoms with Gasteiger partial charge in [-0.3, -0.25) is 15.0 Å². The Morgan fingerprint density at radius 3 is 2.38 bits per heavy atom. The average molecular weight is 349 g/mol. The van der Waals surface area contributed by atoms with Crippen LogP contribution in [0, 0.1) is 0 Å². The Kier molecular flexibility index (Phi) is 4.71. The van der Waals surface area contributed by atoms with Crippen LogP contribution in [0.3, 0.4) is 0 Å². The minimum atomic E-state index is -0.325. The maximum absolute atomic E-state index is 13.0. The van der Waals surface area contributed by atoms with Crippen LogP contribution in [-0.2, 0) is 0 Å². The van der Waals surface area contributed by atoms with E-state index < -0.39 is 0 Å². The van der Waals surface area contributed by atoms with Gasteiger partial charge in [-0.05, 0) is 31.0 Å². The highest BCUT2D eigenvalue weighted by Gasteiger charge is 2.40. The van der Waals surface area contributed by atoms with Crippen molar-refractivity contribution in [2.24, 2.45) is 0 Å². The highest BCUT2D eigenvalue weighted by molar-refractivity contribution is 5.99. The van der Waals surface area contributed by atoms with Crippen molar-refractivity contribution >= 4 is 11.8 Å². The summed E-state index contributed by atoms with van der Waals surface area (Å²) in [7, 11) is 0. The molecule has 1 aliphatic heterocycles. The Labute approximate surface area is 153 Å². The van der Waals surface area contributed by atoms with Crippen molar-refractivity contribution in [1.29, 1.82) is 0 Å². The standard InChI is InChI=1S/C21H23N3O2/c25-20(15-9-3-1-4-10-15)23-22-19-17-13-7-8-14-18(17)21(26)24(19)16-11-5-2-6-12-16/h1,3-4,7-10,13-14,16,19,22H,2,5-6,11-12H2,(H,23,25). The molecule has 134 valence electrons. The Morgan fingerprint density at radius 2 is 1.62 bits per heavy atom. The van der Waals surface area contributed by atoms with Crippen molar-refractivity contribution in [3.8, 4) is 0 Å². The third-order valence-corrected chi connectivity index (χ3v) is 5.32. The van der Waals surface area contributed by atoms with Crippen LogP contribution in [-0.4, -0.2) is 22.8 Å². The van der Waals surface area contributed by atoms with Crippen LogP contribution in [0.15, 0.2) is 54.6 Å². The molecule has 1 fully saturated rings. The van der Waals surface area contributed by atoms with Crippen LogP contribution in [0.4, 0.5) is 0 Å². The number of nitrogens with one attached hydrogen (secondary N) is 2. The fourth-order valence-corrected chi connectivity index (χ4v) is 4.02. The number of amides is 2. The first-order valence-corrected chi connectivity index (χ1v) is 9.28. The second-order valence-corrected chi connectivity index (χ2v) is 6.96. The van der Waals surface area contributed by atoms with Gasteiger partial charge in [0.15, 0.2) is 0 Å². The van der Waals surface area contributed by atoms with Crippen molar-refractivity contribution in [2.45, 2.75) is 44.3 Å². The van der Waals surface area contributed by atoms with Gasteiger partial charge in [0, 0.05) is 22.7 Å². The first-order valence-electron chi connectivity index (χ1n) is 9.28. The summed E-state index contributed by atoms with van der Waals surface area (Å²) < 4.78 is 0. The van der Waals surface area contributed by atoms with Crippen molar-refractivity contribution in [2.75, 3.05) is 0 Å². The molecule has 1 atom stereocenters. The van der Waals surface area contributed by atoms with Crippen molar-refractivity contribution in [3.63, 3.8) is 0 Å². The van der Waals surface area contributed by atoms with Gasteiger partial charge in [-0.2, -0.15) is 0 Å². The lowest BCUT2D eigenvalue weighted by Crippen LogP contribution is -2.49. The molecule has 2 amide bonds. The van der Waals surface area contributed by atoms with E-state index in [2.05, 4.69) is 10.9 Å². The third kappa shape index (κ3) is 3.10. The van der Waals surface area contributed by atoms with Crippen LogP contribution in [0.25, 0.3) is 0 Å². The zero-order chi connectivity index (χ0) is 17.9. The fourth-order valence-electron chi connectivity index (χ4n) is 4.02. The minimum Gasteiger partial charge on any atom is -0.314 e. The summed E-state index contributed by atoms with van der Waals surface area (Å²) in [6.07, 6.45) is 5.24. The molecule has 0 aromatic heterocycles. The molecule has 5 nitrogen and oxygen atoms in total. The molecule has 2 N–H and O–H groups in total. The van der Waals surface area contributed by atoms with Crippen LogP contribution in [0.5, 0.6) is 0 Å². The van der Waals surface area contributed by atoms with E-state index in [4.69, 9.17) is 0 Å². The molecule has 5 heteroatoms. The average Bonchev–Trinajstić information content (AvgIpc) is 2.99. The van der Waals surface area contributed by atoms with Crippen LogP contribution in [0.2, 0.25) is 0 Å². The molecule has 1 aliphatic carbocycles. The second-order valence-electron chi connectivity index (χ2n) is 6.96. The molecule has 0 radical (unpaired) electrons. The van der Waals surface area contributed by atoms with Crippen LogP contribution in [0.1, 0.15) is 64.5 Å². The Bertz CT molecular complexity index is 800. The third-order valence-electron chi connectivity index (χ3n) is 5.32. The van der Waals surface area contributed by atoms with E-state index in [0.717, 1.165) is 36.8 Å². The lowest BCUT2D eigenvalue weighted by molar-refractivity contribution is 0.0483. The predicted octanol–water partition coefficient (Wildman–Crippen LogP) is 3.41. The maximum atomic E-state index is 13.0. The van der Waals surface area contributed by atoms with Gasteiger partial charge in [0.1, 0.15) is 6.17 Å². The number of carbonyl (C=O) groups excluding carboxylic acids is 2. The number of hydrogen-bond donors (Lipinski definition) is 2. The van der Waals surface area contributed by atoms with E-state index in [1.807, 2.05) is 47.4 Å². The molecule has 2 aliphatic rings. The van der Waals surface area contributed by atoms with E-state index in [9.17, 15) is 9.59 Å². The summed E-state index contributed by atoms with van der Waals surface area (Å²) in [5.74, 6) is -0.148. The molecule has 0 bridgehead atoms. The number of hydrogen-bond acceptors (Lipinski definition) is 3. The molecule has 2 aromatic carbocycles. The van der Waals surface area contributed by atoms with E-state index in [1.165, 1.54) is 6.42 Å². The molecular weight excluding hydrogens is 326 g/mol. The smallest absolute Gasteiger partial charge is 0.265 e. The lowest BCUT2D eigenvalue weighted by atomic mass is 9.94. The summed E-state index contributed by atoms with van der Waals surface area (Å²) in [6, 6.07) is 16.9. The number of carbonyl (C=O) groups is 2. The molecule has 0 spiro atoms. The summed E-state index contributed by atoms with van der Waals surface area (Å²) in [5.41, 5.74) is 8.15. The Morgan fingerprint density at radius 1 is 0.923 bits per heavy atom. The molecule has 4 rings (SSSR count). The number of fused-ring (bicyclic) bond motifs is 1. The van der Waals surface area contributed by atoms with Gasteiger partial charge in [-0.1, -0.05) is 55.7 Å². The van der Waals surface area contributed by atoms with Gasteiger partial charge in [0.05, 0.1) is 0 Å². The van der Waals surface area contributed by atoms with Gasteiger partial charge < -0.3 is 4.90 Å². The lowest BCUT2D eigenvalue weighted by Gasteiger charge is -2.36. The van der Waals surface area contributed by atoms with Crippen molar-refractivity contribution in [1.82, 2.24) is 15.8 Å². The maximum Gasteiger partial charge on any atom is 0.265 e. The fraction of sp³-hybridized carbons (Fsp3) is 0.333. The summed E-state index contributed by atoms with van der Waals surface area (Å²) in [4.78, 5) is 27.3. The Hall–Kier alpha value is -2.66. The van der Waals surface area contributed by atoms with Crippen molar-refractivity contribution in [3.05, 3.63) is 71.3 Å². The van der Waals surface area contributed by atoms with Gasteiger partial charge in [-0.25, -0.2) is 5.43 Å². The summed E-state index contributed by atoms with van der Waals surface area (Å²) >= 11 is 0. The number of benzene rings is 2. The quantitative estimate of drug-likeness (QED) is 0.832. The number of rotatable bonds is 4. The SMILES string of the molecule is O=C(NNC1c2ccccc2C(=O)N1C1CCCCC1)c1ccccc1. The molecule has 1 saturated carbocycles. The molecular formula is C21H23N3O2. The van der Waals surface area contributed by atoms with Crippen molar-refractivity contribution < 1.29 is 9.59 Å². The number of nitrogens with zero attached hydrogens (tertiary/aromatic N) is 1. The van der Waals surface area contributed by atoms with Gasteiger partial charge in [-0.15, -0.1) is 0 Å². The molecule has 2 aromatic rings. The molecule has 0 saturated heterocycles. The zero-order valence-corrected chi connectivity index (χ0v) is 14.7. The van der Waals surface area contributed by atoms with E-state index >= 15 is 0 Å². The molecule has 1 heterocycles. The molecule has 1 unspecified atom stereocenters. The first-order chi connectivity index (χ1) is 12.8. The predicted molar refractivity (Wildman–Crippen MR) is 99.3 cm³/mol. The van der Waals surface area contributed by atoms with Crippen LogP contribution < -0.4 is 10.9 Å². The van der Waals surface area contributed by atoms with Crippen LogP contribution >= 0.6 is 0 Å². The summed E-state index contributed by atoms with van der Waals surface area (Å²) in [5, 5.41) is 0. The highest BCUT2D eigenvalue weighted by atomic mass is 16.2. The Balaban J connectivity index is 1.56. The second kappa shape index (κ2) is 7.30. The van der Waals surface area contributed by atoms with Gasteiger partial charge in [0.25, 0.3) is 11.8 Å². The largest absolute Gasteiger partial charge is 0.314 e. The number of hydrazine groups is 1. The van der Waals surface area contributed by atoms with E-state index in [-0.39, 0.29) is 24.0 Å². The van der Waals surface area contributed by atoms with E-state index in [0.29, 0.717) is 5.56 Å². The summed E-state index contributed by atoms with van der Waals surface area (Å²) in [6.45, 7) is 0. The normalized spacial score (nSPS) is 20.1. The minimum absolute atomic E-state index is 0.0546. The molecule has 26 heavy (non-hydrogen) atoms. The highest BCUT2D eigenvalue weighted by Crippen LogP contribution is 2.37. The topological polar surface area (TPSA) is 61.4 Å². The van der Waals surface area contributed by atoms with E-state index in [1.54, 1.807) is 12.1 Å². The van der Waals surface area contributed by atoms with Gasteiger partial charge in [0.2, 0.25) is 0 Å².